The van der Waals surface area contributed by atoms with Gasteiger partial charge in [0.2, 0.25) is 0 Å². The first kappa shape index (κ1) is 16.7. The van der Waals surface area contributed by atoms with Gasteiger partial charge in [0.05, 0.1) is 12.3 Å². The van der Waals surface area contributed by atoms with Crippen molar-refractivity contribution >= 4 is 54.3 Å². The Labute approximate surface area is 261 Å². The molecule has 9 rings (SSSR count). The van der Waals surface area contributed by atoms with Gasteiger partial charge in [0.15, 0.2) is 0 Å². The lowest BCUT2D eigenvalue weighted by Gasteiger charge is -2.18. The van der Waals surface area contributed by atoms with Crippen LogP contribution in [0.1, 0.15) is 12.3 Å². The van der Waals surface area contributed by atoms with Gasteiger partial charge < -0.3 is 4.42 Å². The highest BCUT2D eigenvalue weighted by Gasteiger charge is 2.20. The first-order valence-electron chi connectivity index (χ1n) is 18.5. The van der Waals surface area contributed by atoms with E-state index in [1.165, 1.54) is 0 Å². The van der Waals surface area contributed by atoms with Crippen molar-refractivity contribution in [2.75, 3.05) is 0 Å². The van der Waals surface area contributed by atoms with Gasteiger partial charge in [0.25, 0.3) is 0 Å². The van der Waals surface area contributed by atoms with Gasteiger partial charge in [-0.2, -0.15) is 0 Å². The summed E-state index contributed by atoms with van der Waals surface area (Å²) in [6.07, 6.45) is 0. The van der Waals surface area contributed by atoms with Crippen LogP contribution in [-0.2, 0) is 0 Å². The van der Waals surface area contributed by atoms with Crippen LogP contribution in [0.5, 0.6) is 0 Å². The molecule has 1 nitrogen and oxygen atoms in total. The number of furan rings is 1. The zero-order valence-corrected chi connectivity index (χ0v) is 22.7. The zero-order valence-electron chi connectivity index (χ0n) is 31.7. The van der Waals surface area contributed by atoms with Crippen molar-refractivity contribution < 1.29 is 16.8 Å². The van der Waals surface area contributed by atoms with Gasteiger partial charge in [-0.3, -0.25) is 0 Å². The summed E-state index contributed by atoms with van der Waals surface area (Å²) in [7, 11) is 0. The lowest BCUT2D eigenvalue weighted by molar-refractivity contribution is 0.669. The predicted octanol–water partition coefficient (Wildman–Crippen LogP) is 12.0. The SMILES string of the molecule is [2H]c1c([2H])c([2H])c(-c2c([2H])c([2H])c([2H])c(-c3c4ccccc4c(-c4cccc5oc6cc7ccccc7cc6c45)c4ccccc34)c2[2H])c([2H])c1[2H]. The van der Waals surface area contributed by atoms with E-state index in [0.29, 0.717) is 16.3 Å². The highest BCUT2D eigenvalue weighted by Crippen LogP contribution is 2.47. The molecule has 0 aliphatic heterocycles. The Morgan fingerprint density at radius 2 is 1.05 bits per heavy atom. The number of benzene rings is 8. The molecule has 0 amide bonds. The molecule has 0 N–H and O–H groups in total. The van der Waals surface area contributed by atoms with Crippen LogP contribution in [0.25, 0.3) is 87.6 Å². The molecular weight excluding hydrogens is 520 g/mol. The van der Waals surface area contributed by atoms with Gasteiger partial charge >= 0.3 is 0 Å². The van der Waals surface area contributed by atoms with Gasteiger partial charge in [0.1, 0.15) is 11.2 Å². The second-order valence-electron chi connectivity index (χ2n) is 10.6. The van der Waals surface area contributed by atoms with Crippen LogP contribution >= 0.6 is 0 Å². The van der Waals surface area contributed by atoms with Gasteiger partial charge in [-0.05, 0) is 89.9 Å². The Kier molecular flexibility index (Phi) is 3.67. The van der Waals surface area contributed by atoms with Crippen LogP contribution in [0.2, 0.25) is 0 Å². The van der Waals surface area contributed by atoms with Gasteiger partial charge in [-0.1, -0.05) is 133 Å². The summed E-state index contributed by atoms with van der Waals surface area (Å²) in [6, 6.07) is 29.0. The van der Waals surface area contributed by atoms with Crippen LogP contribution in [0.3, 0.4) is 0 Å². The summed E-state index contributed by atoms with van der Waals surface area (Å²) in [5.74, 6) is 0. The van der Waals surface area contributed by atoms with Crippen LogP contribution < -0.4 is 0 Å². The Bertz CT molecular complexity index is 2930. The van der Waals surface area contributed by atoms with Crippen molar-refractivity contribution in [3.63, 3.8) is 0 Å². The summed E-state index contributed by atoms with van der Waals surface area (Å²) in [4.78, 5) is 0. The average molecular weight is 556 g/mol. The minimum Gasteiger partial charge on any atom is -0.456 e. The molecule has 1 heterocycles. The molecular formula is C42H26O. The molecule has 0 saturated carbocycles. The third-order valence-corrected chi connectivity index (χ3v) is 8.19. The van der Waals surface area contributed by atoms with Gasteiger partial charge in [0, 0.05) is 10.8 Å². The zero-order chi connectivity index (χ0) is 36.2. The number of hydrogen-bond acceptors (Lipinski definition) is 1. The standard InChI is InChI=1S/C42H26O/c1-2-12-27(13-3-1)28-16-10-17-31(24-28)40-32-18-6-8-20-34(32)41(35-21-9-7-19-33(35)40)36-22-11-23-38-42(36)37-25-29-14-4-5-15-30(29)26-39(37)43-38/h1-26H/i1D,2D,3D,10D,12D,13D,16D,17D,24D. The van der Waals surface area contributed by atoms with Crippen LogP contribution in [0, 0.1) is 0 Å². The molecule has 0 spiro atoms. The molecule has 0 atom stereocenters. The van der Waals surface area contributed by atoms with Gasteiger partial charge in [-0.15, -0.1) is 0 Å². The van der Waals surface area contributed by atoms with E-state index < -0.39 is 42.3 Å². The third kappa shape index (κ3) is 3.72. The largest absolute Gasteiger partial charge is 0.456 e. The molecule has 0 bridgehead atoms. The summed E-state index contributed by atoms with van der Waals surface area (Å²) < 4.78 is 84.8. The molecule has 0 aliphatic rings. The van der Waals surface area contributed by atoms with Crippen molar-refractivity contribution in [2.45, 2.75) is 0 Å². The molecule has 1 heteroatoms. The molecule has 0 unspecified atom stereocenters. The summed E-state index contributed by atoms with van der Waals surface area (Å²) in [5.41, 5.74) is 3.26. The average Bonchev–Trinajstić information content (AvgIpc) is 3.53. The predicted molar refractivity (Wildman–Crippen MR) is 183 cm³/mol. The lowest BCUT2D eigenvalue weighted by Crippen LogP contribution is -1.91. The van der Waals surface area contributed by atoms with E-state index in [-0.39, 0.29) is 28.8 Å². The summed E-state index contributed by atoms with van der Waals surface area (Å²) in [6.45, 7) is 0. The summed E-state index contributed by atoms with van der Waals surface area (Å²) in [5, 5.41) is 7.11. The van der Waals surface area contributed by atoms with E-state index in [9.17, 15) is 2.74 Å². The molecule has 0 fully saturated rings. The van der Waals surface area contributed by atoms with E-state index in [0.717, 1.165) is 54.6 Å². The molecule has 200 valence electrons. The lowest BCUT2D eigenvalue weighted by atomic mass is 9.84. The van der Waals surface area contributed by atoms with E-state index in [1.807, 2.05) is 72.8 Å². The van der Waals surface area contributed by atoms with E-state index in [2.05, 4.69) is 30.3 Å². The number of hydrogen-bond donors (Lipinski definition) is 0. The maximum atomic E-state index is 9.53. The topological polar surface area (TPSA) is 13.1 Å². The highest BCUT2D eigenvalue weighted by molar-refractivity contribution is 6.26. The first-order chi connectivity index (χ1) is 25.1. The Morgan fingerprint density at radius 3 is 1.77 bits per heavy atom. The fourth-order valence-corrected chi connectivity index (χ4v) is 6.38. The van der Waals surface area contributed by atoms with Crippen LogP contribution in [-0.4, -0.2) is 0 Å². The molecule has 0 radical (unpaired) electrons. The number of fused-ring (bicyclic) bond motifs is 6. The first-order valence-corrected chi connectivity index (χ1v) is 14.0. The van der Waals surface area contributed by atoms with Crippen LogP contribution in [0.4, 0.5) is 0 Å². The quantitative estimate of drug-likeness (QED) is 0.198. The van der Waals surface area contributed by atoms with Crippen molar-refractivity contribution in [2.24, 2.45) is 0 Å². The fraction of sp³-hybridized carbons (Fsp3) is 0. The van der Waals surface area contributed by atoms with E-state index in [4.69, 9.17) is 14.0 Å². The number of rotatable bonds is 3. The third-order valence-electron chi connectivity index (χ3n) is 8.19. The Morgan fingerprint density at radius 1 is 0.442 bits per heavy atom. The monoisotopic (exact) mass is 555 g/mol. The maximum Gasteiger partial charge on any atom is 0.136 e. The van der Waals surface area contributed by atoms with Crippen molar-refractivity contribution in [1.29, 1.82) is 0 Å². The normalized spacial score (nSPS) is 14.7. The van der Waals surface area contributed by atoms with Crippen molar-refractivity contribution in [1.82, 2.24) is 0 Å². The Hall–Kier alpha value is -5.66. The molecule has 0 aliphatic carbocycles. The minimum absolute atomic E-state index is 0.0419. The Balaban J connectivity index is 1.43. The highest BCUT2D eigenvalue weighted by atomic mass is 16.3. The van der Waals surface area contributed by atoms with Crippen molar-refractivity contribution in [3.05, 3.63) is 158 Å². The molecule has 1 aromatic heterocycles. The smallest absolute Gasteiger partial charge is 0.136 e. The van der Waals surface area contributed by atoms with E-state index >= 15 is 0 Å². The molecule has 0 saturated heterocycles. The maximum absolute atomic E-state index is 9.53. The molecule has 9 aromatic rings. The minimum atomic E-state index is -0.605. The van der Waals surface area contributed by atoms with Crippen molar-refractivity contribution in [3.8, 4) is 33.4 Å². The molecule has 8 aromatic carbocycles. The van der Waals surface area contributed by atoms with E-state index in [1.54, 1.807) is 0 Å². The second-order valence-corrected chi connectivity index (χ2v) is 10.6. The second kappa shape index (κ2) is 9.44. The fourth-order valence-electron chi connectivity index (χ4n) is 6.38. The van der Waals surface area contributed by atoms with Crippen LogP contribution in [0.15, 0.2) is 162 Å². The van der Waals surface area contributed by atoms with Gasteiger partial charge in [-0.25, -0.2) is 0 Å². The molecule has 43 heavy (non-hydrogen) atoms. The summed E-state index contributed by atoms with van der Waals surface area (Å²) >= 11 is 0.